The monoisotopic (exact) mass is 209 g/mol. The largest absolute Gasteiger partial charge is 0.313 e. The lowest BCUT2D eigenvalue weighted by Crippen LogP contribution is -2.15. The standard InChI is InChI=1S/C12H23N3/c1-4-6-7-8-13-9-11-10-15(3)14-12(11)5-2/h10,13H,4-9H2,1-3H3. The van der Waals surface area contributed by atoms with Gasteiger partial charge in [0.1, 0.15) is 0 Å². The van der Waals surface area contributed by atoms with Gasteiger partial charge in [0.2, 0.25) is 0 Å². The van der Waals surface area contributed by atoms with Crippen LogP contribution >= 0.6 is 0 Å². The summed E-state index contributed by atoms with van der Waals surface area (Å²) in [6.45, 7) is 6.46. The van der Waals surface area contributed by atoms with Crippen LogP contribution in [0.2, 0.25) is 0 Å². The molecule has 1 heterocycles. The van der Waals surface area contributed by atoms with Crippen LogP contribution in [0, 0.1) is 0 Å². The molecule has 0 aromatic carbocycles. The molecule has 0 saturated carbocycles. The molecule has 0 spiro atoms. The molecule has 15 heavy (non-hydrogen) atoms. The molecule has 0 bridgehead atoms. The smallest absolute Gasteiger partial charge is 0.0666 e. The molecule has 0 amide bonds. The molecular formula is C12H23N3. The summed E-state index contributed by atoms with van der Waals surface area (Å²) in [4.78, 5) is 0. The van der Waals surface area contributed by atoms with Crippen LogP contribution in [0.1, 0.15) is 44.4 Å². The van der Waals surface area contributed by atoms with Gasteiger partial charge < -0.3 is 5.32 Å². The van der Waals surface area contributed by atoms with Crippen LogP contribution in [-0.2, 0) is 20.0 Å². The molecule has 1 aromatic heterocycles. The maximum Gasteiger partial charge on any atom is 0.0666 e. The van der Waals surface area contributed by atoms with Crippen LogP contribution in [0.15, 0.2) is 6.20 Å². The molecule has 1 rings (SSSR count). The zero-order valence-corrected chi connectivity index (χ0v) is 10.2. The maximum atomic E-state index is 4.42. The lowest BCUT2D eigenvalue weighted by molar-refractivity contribution is 0.615. The highest BCUT2D eigenvalue weighted by molar-refractivity contribution is 5.16. The number of aryl methyl sites for hydroxylation is 2. The van der Waals surface area contributed by atoms with Crippen LogP contribution in [0.4, 0.5) is 0 Å². The summed E-state index contributed by atoms with van der Waals surface area (Å²) in [6.07, 6.45) is 7.02. The summed E-state index contributed by atoms with van der Waals surface area (Å²) in [5, 5.41) is 7.89. The minimum absolute atomic E-state index is 0.959. The fraction of sp³-hybridized carbons (Fsp3) is 0.750. The van der Waals surface area contributed by atoms with E-state index in [9.17, 15) is 0 Å². The molecule has 0 radical (unpaired) electrons. The lowest BCUT2D eigenvalue weighted by Gasteiger charge is -2.03. The average molecular weight is 209 g/mol. The second-order valence-corrected chi connectivity index (χ2v) is 4.01. The van der Waals surface area contributed by atoms with Crippen molar-refractivity contribution >= 4 is 0 Å². The Balaban J connectivity index is 2.30. The van der Waals surface area contributed by atoms with Gasteiger partial charge >= 0.3 is 0 Å². The Morgan fingerprint density at radius 1 is 1.33 bits per heavy atom. The number of nitrogens with zero attached hydrogens (tertiary/aromatic N) is 2. The van der Waals surface area contributed by atoms with E-state index in [0.29, 0.717) is 0 Å². The van der Waals surface area contributed by atoms with Gasteiger partial charge in [-0.05, 0) is 19.4 Å². The number of rotatable bonds is 7. The van der Waals surface area contributed by atoms with Crippen molar-refractivity contribution in [2.75, 3.05) is 6.54 Å². The van der Waals surface area contributed by atoms with Crippen molar-refractivity contribution in [3.63, 3.8) is 0 Å². The second kappa shape index (κ2) is 6.62. The quantitative estimate of drug-likeness (QED) is 0.698. The van der Waals surface area contributed by atoms with Crippen LogP contribution in [0.25, 0.3) is 0 Å². The molecule has 0 fully saturated rings. The number of unbranched alkanes of at least 4 members (excludes halogenated alkanes) is 2. The predicted octanol–water partition coefficient (Wildman–Crippen LogP) is 2.26. The van der Waals surface area contributed by atoms with Crippen LogP contribution in [0.5, 0.6) is 0 Å². The van der Waals surface area contributed by atoms with Gasteiger partial charge in [0, 0.05) is 25.4 Å². The van der Waals surface area contributed by atoms with Gasteiger partial charge in [0.25, 0.3) is 0 Å². The fourth-order valence-corrected chi connectivity index (χ4v) is 1.75. The molecule has 0 aliphatic carbocycles. The van der Waals surface area contributed by atoms with Gasteiger partial charge in [0.15, 0.2) is 0 Å². The van der Waals surface area contributed by atoms with Gasteiger partial charge in [-0.15, -0.1) is 0 Å². The molecule has 0 aliphatic heterocycles. The molecule has 0 aliphatic rings. The number of hydrogen-bond acceptors (Lipinski definition) is 2. The average Bonchev–Trinajstić information content (AvgIpc) is 2.59. The molecule has 3 heteroatoms. The Labute approximate surface area is 92.9 Å². The van der Waals surface area contributed by atoms with E-state index >= 15 is 0 Å². The summed E-state index contributed by atoms with van der Waals surface area (Å²) >= 11 is 0. The van der Waals surface area contributed by atoms with E-state index in [2.05, 4.69) is 30.5 Å². The summed E-state index contributed by atoms with van der Waals surface area (Å²) in [5.41, 5.74) is 2.57. The Bertz CT molecular complexity index is 278. The number of hydrogen-bond donors (Lipinski definition) is 1. The Morgan fingerprint density at radius 2 is 2.13 bits per heavy atom. The normalized spacial score (nSPS) is 10.9. The van der Waals surface area contributed by atoms with Gasteiger partial charge in [-0.25, -0.2) is 0 Å². The summed E-state index contributed by atoms with van der Waals surface area (Å²) in [5.74, 6) is 0. The Hall–Kier alpha value is -0.830. The van der Waals surface area contributed by atoms with Crippen molar-refractivity contribution in [1.29, 1.82) is 0 Å². The van der Waals surface area contributed by atoms with Crippen LogP contribution in [0.3, 0.4) is 0 Å². The zero-order chi connectivity index (χ0) is 11.1. The molecule has 0 saturated heterocycles. The van der Waals surface area contributed by atoms with E-state index in [1.807, 2.05) is 11.7 Å². The van der Waals surface area contributed by atoms with Crippen molar-refractivity contribution < 1.29 is 0 Å². The summed E-state index contributed by atoms with van der Waals surface area (Å²) < 4.78 is 1.90. The first-order valence-corrected chi connectivity index (χ1v) is 6.00. The Kier molecular flexibility index (Phi) is 5.40. The van der Waals surface area contributed by atoms with E-state index in [-0.39, 0.29) is 0 Å². The fourth-order valence-electron chi connectivity index (χ4n) is 1.75. The molecule has 0 atom stereocenters. The highest BCUT2D eigenvalue weighted by Crippen LogP contribution is 2.06. The van der Waals surface area contributed by atoms with Crippen molar-refractivity contribution in [3.05, 3.63) is 17.5 Å². The molecule has 86 valence electrons. The third-order valence-corrected chi connectivity index (χ3v) is 2.60. The van der Waals surface area contributed by atoms with Crippen LogP contribution in [-0.4, -0.2) is 16.3 Å². The summed E-state index contributed by atoms with van der Waals surface area (Å²) in [6, 6.07) is 0. The minimum Gasteiger partial charge on any atom is -0.313 e. The third-order valence-electron chi connectivity index (χ3n) is 2.60. The first-order valence-electron chi connectivity index (χ1n) is 6.00. The third kappa shape index (κ3) is 4.04. The van der Waals surface area contributed by atoms with Crippen molar-refractivity contribution in [1.82, 2.24) is 15.1 Å². The van der Waals surface area contributed by atoms with Gasteiger partial charge in [0.05, 0.1) is 5.69 Å². The highest BCUT2D eigenvalue weighted by atomic mass is 15.3. The zero-order valence-electron chi connectivity index (χ0n) is 10.2. The Morgan fingerprint density at radius 3 is 2.80 bits per heavy atom. The van der Waals surface area contributed by atoms with Gasteiger partial charge in [-0.2, -0.15) is 5.10 Å². The number of aromatic nitrogens is 2. The molecular weight excluding hydrogens is 186 g/mol. The summed E-state index contributed by atoms with van der Waals surface area (Å²) in [7, 11) is 1.99. The molecule has 1 N–H and O–H groups in total. The first-order chi connectivity index (χ1) is 7.27. The topological polar surface area (TPSA) is 29.9 Å². The van der Waals surface area contributed by atoms with Gasteiger partial charge in [-0.3, -0.25) is 4.68 Å². The van der Waals surface area contributed by atoms with Crippen molar-refractivity contribution in [2.45, 2.75) is 46.1 Å². The molecule has 0 unspecified atom stereocenters. The van der Waals surface area contributed by atoms with E-state index in [0.717, 1.165) is 19.5 Å². The predicted molar refractivity (Wildman–Crippen MR) is 63.8 cm³/mol. The van der Waals surface area contributed by atoms with Crippen molar-refractivity contribution in [2.24, 2.45) is 7.05 Å². The highest BCUT2D eigenvalue weighted by Gasteiger charge is 2.04. The maximum absolute atomic E-state index is 4.42. The molecule has 1 aromatic rings. The minimum atomic E-state index is 0.959. The lowest BCUT2D eigenvalue weighted by atomic mass is 10.2. The SMILES string of the molecule is CCCCCNCc1cn(C)nc1CC. The van der Waals surface area contributed by atoms with Crippen molar-refractivity contribution in [3.8, 4) is 0 Å². The second-order valence-electron chi connectivity index (χ2n) is 4.01. The van der Waals surface area contributed by atoms with E-state index in [4.69, 9.17) is 0 Å². The van der Waals surface area contributed by atoms with Gasteiger partial charge in [-0.1, -0.05) is 26.7 Å². The first kappa shape index (κ1) is 12.2. The van der Waals surface area contributed by atoms with E-state index < -0.39 is 0 Å². The van der Waals surface area contributed by atoms with E-state index in [1.165, 1.54) is 30.5 Å². The molecule has 3 nitrogen and oxygen atoms in total. The number of nitrogens with one attached hydrogen (secondary N) is 1. The van der Waals surface area contributed by atoms with E-state index in [1.54, 1.807) is 0 Å². The van der Waals surface area contributed by atoms with Crippen LogP contribution < -0.4 is 5.32 Å².